The molecule has 0 N–H and O–H groups in total. The third-order valence-corrected chi connectivity index (χ3v) is 2.10. The lowest BCUT2D eigenvalue weighted by atomic mass is 10.1. The van der Waals surface area contributed by atoms with Gasteiger partial charge in [-0.2, -0.15) is 0 Å². The van der Waals surface area contributed by atoms with Crippen LogP contribution in [0.4, 0.5) is 8.78 Å². The normalized spacial score (nSPS) is 10.6. The van der Waals surface area contributed by atoms with Crippen LogP contribution >= 0.6 is 15.9 Å². The summed E-state index contributed by atoms with van der Waals surface area (Å²) in [6.07, 6.45) is 0.274. The van der Waals surface area contributed by atoms with Crippen LogP contribution < -0.4 is 0 Å². The summed E-state index contributed by atoms with van der Waals surface area (Å²) in [4.78, 5) is 0.264. The molecule has 2 rings (SSSR count). The summed E-state index contributed by atoms with van der Waals surface area (Å²) < 4.78 is 30.5. The molecule has 0 saturated carbocycles. The van der Waals surface area contributed by atoms with Crippen molar-refractivity contribution in [2.24, 2.45) is 0 Å². The van der Waals surface area contributed by atoms with Crippen LogP contribution in [0.2, 0.25) is 0 Å². The smallest absolute Gasteiger partial charge is 0.284 e. The average molecular weight is 275 g/mol. The third kappa shape index (κ3) is 2.38. The Kier molecular flexibility index (Phi) is 2.77. The fourth-order valence-corrected chi connectivity index (χ4v) is 1.39. The zero-order valence-corrected chi connectivity index (χ0v) is 8.96. The fraction of sp³-hybridized carbons (Fsp3) is 0.111. The van der Waals surface area contributed by atoms with E-state index in [1.54, 1.807) is 0 Å². The van der Waals surface area contributed by atoms with E-state index in [4.69, 9.17) is 4.42 Å². The molecule has 1 aromatic carbocycles. The SMILES string of the molecule is Fc1ccc(Cc2nnc(Br)o2)cc1F. The van der Waals surface area contributed by atoms with E-state index in [0.717, 1.165) is 12.1 Å². The van der Waals surface area contributed by atoms with Gasteiger partial charge in [0.25, 0.3) is 4.80 Å². The van der Waals surface area contributed by atoms with Gasteiger partial charge in [0.15, 0.2) is 11.6 Å². The summed E-state index contributed by atoms with van der Waals surface area (Å²) in [6.45, 7) is 0. The standard InChI is InChI=1S/C9H5BrF2N2O/c10-9-14-13-8(15-9)4-5-1-2-6(11)7(12)3-5/h1-3H,4H2. The molecule has 0 fully saturated rings. The minimum absolute atomic E-state index is 0.264. The van der Waals surface area contributed by atoms with Crippen molar-refractivity contribution in [2.45, 2.75) is 6.42 Å². The molecule has 0 aliphatic carbocycles. The lowest BCUT2D eigenvalue weighted by Gasteiger charge is -1.97. The lowest BCUT2D eigenvalue weighted by Crippen LogP contribution is -1.91. The number of hydrogen-bond donors (Lipinski definition) is 0. The molecular weight excluding hydrogens is 270 g/mol. The number of halogens is 3. The van der Waals surface area contributed by atoms with E-state index in [1.165, 1.54) is 6.07 Å². The van der Waals surface area contributed by atoms with Crippen molar-refractivity contribution in [2.75, 3.05) is 0 Å². The van der Waals surface area contributed by atoms with Gasteiger partial charge >= 0.3 is 0 Å². The van der Waals surface area contributed by atoms with Gasteiger partial charge < -0.3 is 4.42 Å². The Morgan fingerprint density at radius 3 is 2.60 bits per heavy atom. The van der Waals surface area contributed by atoms with Crippen molar-refractivity contribution in [3.8, 4) is 0 Å². The van der Waals surface area contributed by atoms with Crippen molar-refractivity contribution in [3.05, 3.63) is 46.1 Å². The van der Waals surface area contributed by atoms with Gasteiger partial charge in [-0.15, -0.1) is 10.2 Å². The van der Waals surface area contributed by atoms with Gasteiger partial charge in [0.05, 0.1) is 6.42 Å². The second-order valence-electron chi connectivity index (χ2n) is 2.87. The Bertz CT molecular complexity index is 487. The highest BCUT2D eigenvalue weighted by Gasteiger charge is 2.07. The second-order valence-corrected chi connectivity index (χ2v) is 3.55. The molecule has 0 unspecified atom stereocenters. The zero-order valence-electron chi connectivity index (χ0n) is 7.38. The summed E-state index contributed by atoms with van der Waals surface area (Å²) in [5.41, 5.74) is 0.574. The molecule has 0 atom stereocenters. The maximum atomic E-state index is 12.8. The van der Waals surface area contributed by atoms with Gasteiger partial charge in [-0.1, -0.05) is 6.07 Å². The highest BCUT2D eigenvalue weighted by molar-refractivity contribution is 9.10. The molecule has 3 nitrogen and oxygen atoms in total. The van der Waals surface area contributed by atoms with E-state index in [-0.39, 0.29) is 11.2 Å². The van der Waals surface area contributed by atoms with Gasteiger partial charge in [0.2, 0.25) is 5.89 Å². The van der Waals surface area contributed by atoms with Gasteiger partial charge in [-0.3, -0.25) is 0 Å². The second kappa shape index (κ2) is 4.06. The molecule has 0 spiro atoms. The Labute approximate surface area is 92.3 Å². The molecule has 0 bridgehead atoms. The Morgan fingerprint density at radius 1 is 1.20 bits per heavy atom. The molecule has 78 valence electrons. The maximum Gasteiger partial charge on any atom is 0.284 e. The van der Waals surface area contributed by atoms with Crippen LogP contribution in [-0.4, -0.2) is 10.2 Å². The molecule has 2 aromatic rings. The molecule has 0 radical (unpaired) electrons. The Balaban J connectivity index is 2.21. The predicted molar refractivity (Wildman–Crippen MR) is 51.2 cm³/mol. The molecule has 0 aliphatic heterocycles. The predicted octanol–water partition coefficient (Wildman–Crippen LogP) is 2.70. The average Bonchev–Trinajstić information content (AvgIpc) is 2.58. The summed E-state index contributed by atoms with van der Waals surface area (Å²) in [6, 6.07) is 3.64. The van der Waals surface area contributed by atoms with Crippen LogP contribution in [0.3, 0.4) is 0 Å². The van der Waals surface area contributed by atoms with Crippen LogP contribution in [0.5, 0.6) is 0 Å². The Hall–Kier alpha value is -1.30. The van der Waals surface area contributed by atoms with E-state index in [2.05, 4.69) is 26.1 Å². The van der Waals surface area contributed by atoms with Gasteiger partial charge in [-0.05, 0) is 17.7 Å². The number of aromatic nitrogens is 2. The van der Waals surface area contributed by atoms with Crippen molar-refractivity contribution in [1.82, 2.24) is 10.2 Å². The molecule has 1 aromatic heterocycles. The van der Waals surface area contributed by atoms with E-state index in [1.807, 2.05) is 0 Å². The van der Waals surface area contributed by atoms with Crippen LogP contribution in [-0.2, 0) is 6.42 Å². The van der Waals surface area contributed by atoms with Crippen LogP contribution in [0, 0.1) is 11.6 Å². The number of hydrogen-bond acceptors (Lipinski definition) is 3. The van der Waals surface area contributed by atoms with E-state index >= 15 is 0 Å². The topological polar surface area (TPSA) is 38.9 Å². The third-order valence-electron chi connectivity index (χ3n) is 1.78. The Morgan fingerprint density at radius 2 is 2.00 bits per heavy atom. The van der Waals surface area contributed by atoms with Gasteiger partial charge in [-0.25, -0.2) is 8.78 Å². The van der Waals surface area contributed by atoms with Crippen LogP contribution in [0.15, 0.2) is 27.4 Å². The van der Waals surface area contributed by atoms with E-state index in [9.17, 15) is 8.78 Å². The van der Waals surface area contributed by atoms with Gasteiger partial charge in [0.1, 0.15) is 0 Å². The summed E-state index contributed by atoms with van der Waals surface area (Å²) >= 11 is 3.00. The maximum absolute atomic E-state index is 12.8. The molecule has 15 heavy (non-hydrogen) atoms. The molecule has 0 saturated heterocycles. The van der Waals surface area contributed by atoms with Crippen LogP contribution in [0.25, 0.3) is 0 Å². The number of nitrogens with zero attached hydrogens (tertiary/aromatic N) is 2. The summed E-state index contributed by atoms with van der Waals surface area (Å²) in [5.74, 6) is -1.41. The van der Waals surface area contributed by atoms with E-state index < -0.39 is 11.6 Å². The highest BCUT2D eigenvalue weighted by Crippen LogP contribution is 2.14. The highest BCUT2D eigenvalue weighted by atomic mass is 79.9. The van der Waals surface area contributed by atoms with Gasteiger partial charge in [0, 0.05) is 15.9 Å². The summed E-state index contributed by atoms with van der Waals surface area (Å²) in [5, 5.41) is 7.27. The molecule has 0 amide bonds. The monoisotopic (exact) mass is 274 g/mol. The fourth-order valence-electron chi connectivity index (χ4n) is 1.13. The lowest BCUT2D eigenvalue weighted by molar-refractivity contribution is 0.479. The minimum Gasteiger partial charge on any atom is -0.415 e. The largest absolute Gasteiger partial charge is 0.415 e. The van der Waals surface area contributed by atoms with Crippen molar-refractivity contribution < 1.29 is 13.2 Å². The first-order chi connectivity index (χ1) is 7.15. The first-order valence-corrected chi connectivity index (χ1v) is 4.86. The first-order valence-electron chi connectivity index (χ1n) is 4.07. The molecular formula is C9H5BrF2N2O. The molecule has 6 heteroatoms. The minimum atomic E-state index is -0.883. The van der Waals surface area contributed by atoms with Crippen molar-refractivity contribution in [1.29, 1.82) is 0 Å². The number of benzene rings is 1. The summed E-state index contributed by atoms with van der Waals surface area (Å²) in [7, 11) is 0. The van der Waals surface area contributed by atoms with Crippen molar-refractivity contribution >= 4 is 15.9 Å². The van der Waals surface area contributed by atoms with Crippen LogP contribution in [0.1, 0.15) is 11.5 Å². The van der Waals surface area contributed by atoms with Crippen molar-refractivity contribution in [3.63, 3.8) is 0 Å². The molecule has 0 aliphatic rings. The quantitative estimate of drug-likeness (QED) is 0.845. The first kappa shape index (κ1) is 10.2. The molecule has 1 heterocycles. The number of rotatable bonds is 2. The zero-order chi connectivity index (χ0) is 10.8. The van der Waals surface area contributed by atoms with E-state index in [0.29, 0.717) is 11.5 Å².